The van der Waals surface area contributed by atoms with Gasteiger partial charge in [0.2, 0.25) is 0 Å². The third-order valence-electron chi connectivity index (χ3n) is 6.86. The Balaban J connectivity index is 0.000000278. The van der Waals surface area contributed by atoms with Crippen molar-refractivity contribution in [3.05, 3.63) is 64.9 Å². The number of hydrogen-bond acceptors (Lipinski definition) is 2. The van der Waals surface area contributed by atoms with E-state index in [9.17, 15) is 14.3 Å². The predicted molar refractivity (Wildman–Crippen MR) is 134 cm³/mol. The van der Waals surface area contributed by atoms with Gasteiger partial charge in [-0.1, -0.05) is 50.1 Å². The largest absolute Gasteiger partial charge is 0.515 e. The number of benzene rings is 2. The van der Waals surface area contributed by atoms with Crippen LogP contribution in [0.1, 0.15) is 75.6 Å². The van der Waals surface area contributed by atoms with Crippen molar-refractivity contribution in [2.45, 2.75) is 79.8 Å². The van der Waals surface area contributed by atoms with Gasteiger partial charge in [0.1, 0.15) is 5.67 Å². The molecule has 0 aliphatic heterocycles. The van der Waals surface area contributed by atoms with Crippen LogP contribution in [-0.2, 0) is 4.79 Å². The van der Waals surface area contributed by atoms with Gasteiger partial charge >= 0.3 is 0 Å². The first kappa shape index (κ1) is 25.8. The molecule has 0 unspecified atom stereocenters. The normalized spacial score (nSPS) is 19.2. The van der Waals surface area contributed by atoms with Crippen LogP contribution in [0.4, 0.5) is 4.39 Å². The molecule has 2 aromatic rings. The molecule has 0 bridgehead atoms. The molecule has 174 valence electrons. The lowest BCUT2D eigenvalue weighted by molar-refractivity contribution is -0.111. The summed E-state index contributed by atoms with van der Waals surface area (Å²) in [5.41, 5.74) is 5.79. The Morgan fingerprint density at radius 2 is 1.47 bits per heavy atom. The molecule has 2 aromatic carbocycles. The van der Waals surface area contributed by atoms with Crippen LogP contribution in [0, 0.1) is 32.6 Å². The number of aryl methyl sites for hydroxylation is 3. The zero-order valence-electron chi connectivity index (χ0n) is 20.8. The Bertz CT molecular complexity index is 958. The van der Waals surface area contributed by atoms with Crippen LogP contribution in [0.15, 0.2) is 42.7 Å². The van der Waals surface area contributed by atoms with Gasteiger partial charge in [0.05, 0.1) is 11.8 Å². The van der Waals surface area contributed by atoms with Crippen LogP contribution in [0.3, 0.4) is 0 Å². The lowest BCUT2D eigenvalue weighted by Gasteiger charge is -2.32. The highest BCUT2D eigenvalue weighted by Crippen LogP contribution is 2.36. The zero-order valence-corrected chi connectivity index (χ0v) is 20.8. The van der Waals surface area contributed by atoms with Crippen molar-refractivity contribution >= 4 is 11.4 Å². The molecule has 1 N–H and O–H groups in total. The van der Waals surface area contributed by atoms with E-state index in [-0.39, 0.29) is 5.78 Å². The second kappa shape index (κ2) is 10.9. The quantitative estimate of drug-likeness (QED) is 0.385. The summed E-state index contributed by atoms with van der Waals surface area (Å²) in [6, 6.07) is 12.3. The van der Waals surface area contributed by atoms with Crippen LogP contribution in [0.5, 0.6) is 0 Å². The number of aliphatic hydroxyl groups excluding tert-OH is 1. The molecule has 1 saturated carbocycles. The average Bonchev–Trinajstić information content (AvgIpc) is 2.72. The molecule has 1 fully saturated rings. The van der Waals surface area contributed by atoms with Gasteiger partial charge in [-0.25, -0.2) is 4.39 Å². The Kier molecular flexibility index (Phi) is 8.83. The van der Waals surface area contributed by atoms with Crippen molar-refractivity contribution in [2.75, 3.05) is 0 Å². The van der Waals surface area contributed by atoms with E-state index < -0.39 is 5.67 Å². The monoisotopic (exact) mass is 438 g/mol. The SMILES string of the molecule is CC(=O)/C(=C/O)c1cc(-c2ccc(C)c(C)c2)ccc1C.CC1CCC(C(C)(C)F)CC1. The summed E-state index contributed by atoms with van der Waals surface area (Å²) < 4.78 is 13.4. The molecule has 1 aliphatic carbocycles. The van der Waals surface area contributed by atoms with Crippen molar-refractivity contribution < 1.29 is 14.3 Å². The second-order valence-corrected chi connectivity index (χ2v) is 9.95. The number of alkyl halides is 1. The number of hydrogen-bond donors (Lipinski definition) is 1. The van der Waals surface area contributed by atoms with Crippen molar-refractivity contribution in [1.82, 2.24) is 0 Å². The molecule has 0 heterocycles. The predicted octanol–water partition coefficient (Wildman–Crippen LogP) is 8.33. The first-order valence-corrected chi connectivity index (χ1v) is 11.7. The maximum Gasteiger partial charge on any atom is 0.163 e. The highest BCUT2D eigenvalue weighted by atomic mass is 19.1. The molecule has 32 heavy (non-hydrogen) atoms. The number of ketones is 1. The molecule has 0 saturated heterocycles. The third-order valence-corrected chi connectivity index (χ3v) is 6.86. The summed E-state index contributed by atoms with van der Waals surface area (Å²) in [5.74, 6) is 1.00. The molecule has 0 spiro atoms. The zero-order chi connectivity index (χ0) is 24.1. The number of Topliss-reactive ketones (excluding diaryl/α,β-unsaturated/α-hetero) is 1. The number of aliphatic hydroxyl groups is 1. The van der Waals surface area contributed by atoms with Crippen LogP contribution in [-0.4, -0.2) is 16.6 Å². The van der Waals surface area contributed by atoms with Gasteiger partial charge in [0.15, 0.2) is 5.78 Å². The maximum atomic E-state index is 13.4. The van der Waals surface area contributed by atoms with E-state index in [0.717, 1.165) is 47.3 Å². The van der Waals surface area contributed by atoms with E-state index in [0.29, 0.717) is 11.5 Å². The Morgan fingerprint density at radius 1 is 0.938 bits per heavy atom. The van der Waals surface area contributed by atoms with Crippen molar-refractivity contribution in [2.24, 2.45) is 11.8 Å². The van der Waals surface area contributed by atoms with Crippen molar-refractivity contribution in [3.63, 3.8) is 0 Å². The van der Waals surface area contributed by atoms with Gasteiger partial charge in [-0.05, 0) is 106 Å². The molecule has 3 heteroatoms. The molecule has 0 atom stereocenters. The fourth-order valence-electron chi connectivity index (χ4n) is 4.31. The van der Waals surface area contributed by atoms with Crippen molar-refractivity contribution in [1.29, 1.82) is 0 Å². The van der Waals surface area contributed by atoms with Crippen molar-refractivity contribution in [3.8, 4) is 11.1 Å². The van der Waals surface area contributed by atoms with Crippen LogP contribution < -0.4 is 0 Å². The number of carbonyl (C=O) groups is 1. The molecule has 1 aliphatic rings. The van der Waals surface area contributed by atoms with Gasteiger partial charge in [0, 0.05) is 0 Å². The molecule has 0 radical (unpaired) electrons. The summed E-state index contributed by atoms with van der Waals surface area (Å²) in [6.45, 7) is 13.3. The Morgan fingerprint density at radius 3 is 1.94 bits per heavy atom. The van der Waals surface area contributed by atoms with E-state index in [1.165, 1.54) is 30.9 Å². The summed E-state index contributed by atoms with van der Waals surface area (Å²) in [5, 5.41) is 9.33. The number of allylic oxidation sites excluding steroid dienone is 1. The van der Waals surface area contributed by atoms with Crippen LogP contribution in [0.2, 0.25) is 0 Å². The van der Waals surface area contributed by atoms with E-state index >= 15 is 0 Å². The molecule has 3 rings (SSSR count). The summed E-state index contributed by atoms with van der Waals surface area (Å²) in [4.78, 5) is 11.6. The first-order valence-electron chi connectivity index (χ1n) is 11.7. The Hall–Kier alpha value is -2.42. The Labute approximate surface area is 193 Å². The van der Waals surface area contributed by atoms with Gasteiger partial charge in [-0.15, -0.1) is 0 Å². The average molecular weight is 439 g/mol. The first-order chi connectivity index (χ1) is 14.9. The third kappa shape index (κ3) is 6.79. The fourth-order valence-corrected chi connectivity index (χ4v) is 4.31. The second-order valence-electron chi connectivity index (χ2n) is 9.95. The summed E-state index contributed by atoms with van der Waals surface area (Å²) in [7, 11) is 0. The highest BCUT2D eigenvalue weighted by molar-refractivity contribution is 6.19. The standard InChI is InChI=1S/C19H20O2.C10H19F/c1-12-5-7-16(9-14(12)3)17-8-6-13(2)18(10-17)19(11-20)15(4)21;1-8-4-6-9(7-5-8)10(2,3)11/h5-11,20H,1-4H3;8-9H,4-7H2,1-3H3/b19-11-;. The minimum absolute atomic E-state index is 0.141. The maximum absolute atomic E-state index is 13.4. The molecular formula is C29H39FO2. The highest BCUT2D eigenvalue weighted by Gasteiger charge is 2.31. The van der Waals surface area contributed by atoms with Gasteiger partial charge in [-0.3, -0.25) is 4.79 Å². The molecule has 2 nitrogen and oxygen atoms in total. The van der Waals surface area contributed by atoms with Crippen LogP contribution >= 0.6 is 0 Å². The summed E-state index contributed by atoms with van der Waals surface area (Å²) >= 11 is 0. The number of rotatable bonds is 4. The van der Waals surface area contributed by atoms with E-state index in [1.54, 1.807) is 13.8 Å². The fraction of sp³-hybridized carbons (Fsp3) is 0.483. The lowest BCUT2D eigenvalue weighted by Crippen LogP contribution is -2.29. The number of carbonyl (C=O) groups excluding carboxylic acids is 1. The van der Waals surface area contributed by atoms with E-state index in [4.69, 9.17) is 0 Å². The van der Waals surface area contributed by atoms with Gasteiger partial charge in [0.25, 0.3) is 0 Å². The smallest absolute Gasteiger partial charge is 0.163 e. The van der Waals surface area contributed by atoms with Crippen LogP contribution in [0.25, 0.3) is 16.7 Å². The van der Waals surface area contributed by atoms with E-state index in [1.807, 2.05) is 25.1 Å². The minimum Gasteiger partial charge on any atom is -0.515 e. The molecule has 0 amide bonds. The minimum atomic E-state index is -0.944. The molecule has 0 aromatic heterocycles. The van der Waals surface area contributed by atoms with Gasteiger partial charge in [-0.2, -0.15) is 0 Å². The lowest BCUT2D eigenvalue weighted by atomic mass is 9.76. The topological polar surface area (TPSA) is 37.3 Å². The number of halogens is 1. The van der Waals surface area contributed by atoms with Gasteiger partial charge < -0.3 is 5.11 Å². The van der Waals surface area contributed by atoms with E-state index in [2.05, 4.69) is 39.0 Å². The summed E-state index contributed by atoms with van der Waals surface area (Å²) in [6.07, 6.45) is 5.51. The molecular weight excluding hydrogens is 399 g/mol.